The fraction of sp³-hybridized carbons (Fsp3) is 0.235. The standard InChI is InChI=1S/C17H18O2/c1-19-17-11-9-16(10-12-17)15-7-5-14(6-8-15)4-2-3-13-18/h5-13H,2-4H2,1H3. The lowest BCUT2D eigenvalue weighted by Gasteiger charge is -2.05. The molecule has 0 bridgehead atoms. The molecule has 0 amide bonds. The van der Waals surface area contributed by atoms with Crippen LogP contribution in [0.4, 0.5) is 0 Å². The van der Waals surface area contributed by atoms with Crippen LogP contribution in [-0.4, -0.2) is 13.4 Å². The van der Waals surface area contributed by atoms with Crippen LogP contribution in [0.3, 0.4) is 0 Å². The molecule has 0 aromatic heterocycles. The molecule has 0 fully saturated rings. The topological polar surface area (TPSA) is 26.3 Å². The van der Waals surface area contributed by atoms with Crippen LogP contribution in [0.25, 0.3) is 11.1 Å². The van der Waals surface area contributed by atoms with Gasteiger partial charge in [0.2, 0.25) is 0 Å². The van der Waals surface area contributed by atoms with Crippen LogP contribution in [0.2, 0.25) is 0 Å². The Kier molecular flexibility index (Phi) is 4.73. The van der Waals surface area contributed by atoms with Gasteiger partial charge < -0.3 is 9.53 Å². The second-order valence-electron chi connectivity index (χ2n) is 4.48. The average Bonchev–Trinajstić information content (AvgIpc) is 2.48. The molecule has 19 heavy (non-hydrogen) atoms. The van der Waals surface area contributed by atoms with E-state index in [9.17, 15) is 4.79 Å². The summed E-state index contributed by atoms with van der Waals surface area (Å²) < 4.78 is 5.15. The van der Waals surface area contributed by atoms with Gasteiger partial charge in [0.15, 0.2) is 0 Å². The van der Waals surface area contributed by atoms with Gasteiger partial charge >= 0.3 is 0 Å². The molecule has 2 rings (SSSR count). The van der Waals surface area contributed by atoms with Crippen LogP contribution in [0.15, 0.2) is 48.5 Å². The summed E-state index contributed by atoms with van der Waals surface area (Å²) in [4.78, 5) is 10.3. The third-order valence-corrected chi connectivity index (χ3v) is 3.16. The van der Waals surface area contributed by atoms with E-state index in [1.807, 2.05) is 12.1 Å². The molecule has 98 valence electrons. The third-order valence-electron chi connectivity index (χ3n) is 3.16. The minimum Gasteiger partial charge on any atom is -0.497 e. The first-order chi connectivity index (χ1) is 9.33. The second-order valence-corrected chi connectivity index (χ2v) is 4.48. The van der Waals surface area contributed by atoms with E-state index in [1.165, 1.54) is 16.7 Å². The zero-order valence-electron chi connectivity index (χ0n) is 11.1. The lowest BCUT2D eigenvalue weighted by molar-refractivity contribution is -0.107. The van der Waals surface area contributed by atoms with E-state index in [4.69, 9.17) is 4.74 Å². The summed E-state index contributed by atoms with van der Waals surface area (Å²) in [6, 6.07) is 16.5. The number of hydrogen-bond donors (Lipinski definition) is 0. The lowest BCUT2D eigenvalue weighted by Crippen LogP contribution is -1.87. The van der Waals surface area contributed by atoms with Crippen molar-refractivity contribution in [3.05, 3.63) is 54.1 Å². The Morgan fingerprint density at radius 3 is 2.05 bits per heavy atom. The van der Waals surface area contributed by atoms with Crippen molar-refractivity contribution in [2.45, 2.75) is 19.3 Å². The Bertz CT molecular complexity index is 512. The highest BCUT2D eigenvalue weighted by molar-refractivity contribution is 5.64. The van der Waals surface area contributed by atoms with Crippen molar-refractivity contribution in [3.8, 4) is 16.9 Å². The summed E-state index contributed by atoms with van der Waals surface area (Å²) in [7, 11) is 1.67. The van der Waals surface area contributed by atoms with E-state index >= 15 is 0 Å². The van der Waals surface area contributed by atoms with Crippen LogP contribution in [-0.2, 0) is 11.2 Å². The van der Waals surface area contributed by atoms with Crippen molar-refractivity contribution in [1.82, 2.24) is 0 Å². The first kappa shape index (κ1) is 13.3. The van der Waals surface area contributed by atoms with Crippen molar-refractivity contribution in [3.63, 3.8) is 0 Å². The number of carbonyl (C=O) groups excluding carboxylic acids is 1. The van der Waals surface area contributed by atoms with E-state index in [0.29, 0.717) is 6.42 Å². The highest BCUT2D eigenvalue weighted by Crippen LogP contribution is 2.22. The van der Waals surface area contributed by atoms with Gasteiger partial charge in [-0.2, -0.15) is 0 Å². The average molecular weight is 254 g/mol. The summed E-state index contributed by atoms with van der Waals surface area (Å²) in [6.07, 6.45) is 3.50. The SMILES string of the molecule is COc1ccc(-c2ccc(CCCC=O)cc2)cc1. The number of carbonyl (C=O) groups is 1. The first-order valence-electron chi connectivity index (χ1n) is 6.50. The van der Waals surface area contributed by atoms with Gasteiger partial charge in [0.25, 0.3) is 0 Å². The minimum atomic E-state index is 0.639. The number of aldehydes is 1. The van der Waals surface area contributed by atoms with Gasteiger partial charge in [-0.1, -0.05) is 36.4 Å². The molecule has 0 aliphatic heterocycles. The van der Waals surface area contributed by atoms with E-state index in [1.54, 1.807) is 7.11 Å². The Morgan fingerprint density at radius 2 is 1.53 bits per heavy atom. The molecule has 0 saturated carbocycles. The van der Waals surface area contributed by atoms with Gasteiger partial charge in [-0.05, 0) is 41.7 Å². The number of aryl methyl sites for hydroxylation is 1. The number of hydrogen-bond acceptors (Lipinski definition) is 2. The molecule has 0 spiro atoms. The van der Waals surface area contributed by atoms with Gasteiger partial charge in [0, 0.05) is 6.42 Å². The van der Waals surface area contributed by atoms with Crippen LogP contribution >= 0.6 is 0 Å². The second kappa shape index (κ2) is 6.74. The van der Waals surface area contributed by atoms with Gasteiger partial charge in [-0.15, -0.1) is 0 Å². The zero-order valence-corrected chi connectivity index (χ0v) is 11.1. The molecule has 0 heterocycles. The highest BCUT2D eigenvalue weighted by Gasteiger charge is 1.99. The quantitative estimate of drug-likeness (QED) is 0.577. The van der Waals surface area contributed by atoms with Crippen molar-refractivity contribution in [1.29, 1.82) is 0 Å². The van der Waals surface area contributed by atoms with E-state index in [-0.39, 0.29) is 0 Å². The maximum Gasteiger partial charge on any atom is 0.120 e. The van der Waals surface area contributed by atoms with Crippen LogP contribution in [0.1, 0.15) is 18.4 Å². The molecule has 0 atom stereocenters. The van der Waals surface area contributed by atoms with E-state index in [2.05, 4.69) is 36.4 Å². The summed E-state index contributed by atoms with van der Waals surface area (Å²) in [5.74, 6) is 0.870. The minimum absolute atomic E-state index is 0.639. The third kappa shape index (κ3) is 3.68. The Balaban J connectivity index is 2.06. The molecular weight excluding hydrogens is 236 g/mol. The number of methoxy groups -OCH3 is 1. The predicted octanol–water partition coefficient (Wildman–Crippen LogP) is 3.88. The molecule has 0 aliphatic rings. The van der Waals surface area contributed by atoms with Crippen LogP contribution in [0.5, 0.6) is 5.75 Å². The Morgan fingerprint density at radius 1 is 0.947 bits per heavy atom. The summed E-state index contributed by atoms with van der Waals surface area (Å²) >= 11 is 0. The summed E-state index contributed by atoms with van der Waals surface area (Å²) in [6.45, 7) is 0. The number of ether oxygens (including phenoxy) is 1. The molecule has 2 aromatic carbocycles. The van der Waals surface area contributed by atoms with Crippen molar-refractivity contribution >= 4 is 6.29 Å². The molecule has 2 aromatic rings. The smallest absolute Gasteiger partial charge is 0.120 e. The number of benzene rings is 2. The molecular formula is C17H18O2. The van der Waals surface area contributed by atoms with Gasteiger partial charge in [-0.25, -0.2) is 0 Å². The van der Waals surface area contributed by atoms with Gasteiger partial charge in [0.1, 0.15) is 12.0 Å². The molecule has 0 unspecified atom stereocenters. The maximum atomic E-state index is 10.3. The van der Waals surface area contributed by atoms with Crippen LogP contribution < -0.4 is 4.74 Å². The highest BCUT2D eigenvalue weighted by atomic mass is 16.5. The van der Waals surface area contributed by atoms with Crippen LogP contribution in [0, 0.1) is 0 Å². The van der Waals surface area contributed by atoms with Crippen molar-refractivity contribution in [2.24, 2.45) is 0 Å². The monoisotopic (exact) mass is 254 g/mol. The predicted molar refractivity (Wildman–Crippen MR) is 77.4 cm³/mol. The normalized spacial score (nSPS) is 10.2. The fourth-order valence-electron chi connectivity index (χ4n) is 2.04. The maximum absolute atomic E-state index is 10.3. The van der Waals surface area contributed by atoms with Crippen molar-refractivity contribution < 1.29 is 9.53 Å². The molecule has 0 aliphatic carbocycles. The molecule has 0 saturated heterocycles. The molecule has 2 nitrogen and oxygen atoms in total. The summed E-state index contributed by atoms with van der Waals surface area (Å²) in [5, 5.41) is 0. The Labute approximate surface area is 114 Å². The summed E-state index contributed by atoms with van der Waals surface area (Å²) in [5.41, 5.74) is 3.65. The molecule has 2 heteroatoms. The number of unbranched alkanes of at least 4 members (excludes halogenated alkanes) is 1. The number of rotatable bonds is 6. The first-order valence-corrected chi connectivity index (χ1v) is 6.50. The fourth-order valence-corrected chi connectivity index (χ4v) is 2.04. The molecule has 0 N–H and O–H groups in total. The zero-order chi connectivity index (χ0) is 13.5. The lowest BCUT2D eigenvalue weighted by atomic mass is 10.0. The largest absolute Gasteiger partial charge is 0.497 e. The van der Waals surface area contributed by atoms with E-state index in [0.717, 1.165) is 24.9 Å². The molecule has 0 radical (unpaired) electrons. The van der Waals surface area contributed by atoms with Gasteiger partial charge in [0.05, 0.1) is 7.11 Å². The Hall–Kier alpha value is -2.09. The van der Waals surface area contributed by atoms with Crippen molar-refractivity contribution in [2.75, 3.05) is 7.11 Å². The van der Waals surface area contributed by atoms with E-state index < -0.39 is 0 Å². The van der Waals surface area contributed by atoms with Gasteiger partial charge in [-0.3, -0.25) is 0 Å².